The first kappa shape index (κ1) is 17.6. The van der Waals surface area contributed by atoms with Crippen LogP contribution in [0.2, 0.25) is 0 Å². The van der Waals surface area contributed by atoms with Gasteiger partial charge in [-0.2, -0.15) is 10.4 Å². The highest BCUT2D eigenvalue weighted by molar-refractivity contribution is 5.97. The van der Waals surface area contributed by atoms with E-state index in [0.29, 0.717) is 16.8 Å². The van der Waals surface area contributed by atoms with Gasteiger partial charge in [0.25, 0.3) is 5.56 Å². The predicted molar refractivity (Wildman–Crippen MR) is 92.4 cm³/mol. The van der Waals surface area contributed by atoms with Gasteiger partial charge in [-0.25, -0.2) is 4.68 Å². The lowest BCUT2D eigenvalue weighted by Crippen LogP contribution is -2.30. The standard InChI is InChI=1S/C19H21N3O2/c1-10-7-16(13(4)12(3)11(10)2)18(23)9-22-19(24)17(8-20)14(5)15(6)21-22/h7H,9H2,1-6H3. The molecule has 0 aliphatic heterocycles. The van der Waals surface area contributed by atoms with Crippen molar-refractivity contribution in [1.82, 2.24) is 9.78 Å². The third-order valence-electron chi connectivity index (χ3n) is 4.82. The quantitative estimate of drug-likeness (QED) is 0.814. The number of benzene rings is 1. The van der Waals surface area contributed by atoms with E-state index in [0.717, 1.165) is 26.9 Å². The van der Waals surface area contributed by atoms with Gasteiger partial charge in [0.2, 0.25) is 0 Å². The predicted octanol–water partition coefficient (Wildman–Crippen LogP) is 2.85. The van der Waals surface area contributed by atoms with Gasteiger partial charge in [0.05, 0.1) is 5.69 Å². The minimum Gasteiger partial charge on any atom is -0.292 e. The third kappa shape index (κ3) is 2.88. The summed E-state index contributed by atoms with van der Waals surface area (Å²) in [5, 5.41) is 13.3. The molecule has 1 aromatic carbocycles. The maximum atomic E-state index is 12.7. The minimum absolute atomic E-state index is 0.0447. The first-order valence-corrected chi connectivity index (χ1v) is 7.78. The van der Waals surface area contributed by atoms with Gasteiger partial charge in [0, 0.05) is 5.56 Å². The number of aryl methyl sites for hydroxylation is 2. The van der Waals surface area contributed by atoms with E-state index in [1.54, 1.807) is 13.8 Å². The number of carbonyl (C=O) groups is 1. The molecule has 2 aromatic rings. The number of hydrogen-bond acceptors (Lipinski definition) is 4. The lowest BCUT2D eigenvalue weighted by atomic mass is 9.92. The number of nitrogens with zero attached hydrogens (tertiary/aromatic N) is 3. The van der Waals surface area contributed by atoms with E-state index >= 15 is 0 Å². The summed E-state index contributed by atoms with van der Waals surface area (Å²) < 4.78 is 1.09. The lowest BCUT2D eigenvalue weighted by Gasteiger charge is -2.14. The molecule has 0 amide bonds. The molecule has 124 valence electrons. The van der Waals surface area contributed by atoms with E-state index in [1.165, 1.54) is 0 Å². The van der Waals surface area contributed by atoms with E-state index in [1.807, 2.05) is 39.8 Å². The molecular weight excluding hydrogens is 302 g/mol. The Balaban J connectivity index is 2.52. The molecule has 24 heavy (non-hydrogen) atoms. The highest BCUT2D eigenvalue weighted by Gasteiger charge is 2.18. The van der Waals surface area contributed by atoms with Crippen molar-refractivity contribution in [2.75, 3.05) is 0 Å². The van der Waals surface area contributed by atoms with E-state index in [-0.39, 0.29) is 17.9 Å². The molecule has 0 saturated heterocycles. The Morgan fingerprint density at radius 3 is 2.29 bits per heavy atom. The SMILES string of the molecule is Cc1cc(C(=O)Cn2nc(C)c(C)c(C#N)c2=O)c(C)c(C)c1C. The van der Waals surface area contributed by atoms with Gasteiger partial charge in [-0.15, -0.1) is 0 Å². The summed E-state index contributed by atoms with van der Waals surface area (Å²) in [7, 11) is 0. The molecule has 1 aromatic heterocycles. The zero-order valence-electron chi connectivity index (χ0n) is 14.9. The number of nitriles is 1. The van der Waals surface area contributed by atoms with Crippen molar-refractivity contribution >= 4 is 5.78 Å². The molecule has 1 heterocycles. The first-order valence-electron chi connectivity index (χ1n) is 7.78. The average molecular weight is 323 g/mol. The van der Waals surface area contributed by atoms with Crippen molar-refractivity contribution in [2.24, 2.45) is 0 Å². The summed E-state index contributed by atoms with van der Waals surface area (Å²) in [4.78, 5) is 25.1. The molecular formula is C19H21N3O2. The van der Waals surface area contributed by atoms with Gasteiger partial charge < -0.3 is 0 Å². The van der Waals surface area contributed by atoms with Crippen LogP contribution in [0.4, 0.5) is 0 Å². The fraction of sp³-hybridized carbons (Fsp3) is 0.368. The Hall–Kier alpha value is -2.74. The minimum atomic E-state index is -0.521. The molecule has 0 N–H and O–H groups in total. The molecule has 2 rings (SSSR count). The van der Waals surface area contributed by atoms with Gasteiger partial charge >= 0.3 is 0 Å². The molecule has 0 unspecified atom stereocenters. The van der Waals surface area contributed by atoms with Crippen LogP contribution >= 0.6 is 0 Å². The van der Waals surface area contributed by atoms with Crippen LogP contribution in [0, 0.1) is 52.9 Å². The smallest absolute Gasteiger partial charge is 0.285 e. The van der Waals surface area contributed by atoms with Crippen molar-refractivity contribution in [2.45, 2.75) is 48.1 Å². The number of carbonyl (C=O) groups excluding carboxylic acids is 1. The highest BCUT2D eigenvalue weighted by Crippen LogP contribution is 2.22. The van der Waals surface area contributed by atoms with Gasteiger partial charge in [0.1, 0.15) is 18.2 Å². The molecule has 0 spiro atoms. The second kappa shape index (κ2) is 6.40. The molecule has 0 radical (unpaired) electrons. The van der Waals surface area contributed by atoms with Crippen molar-refractivity contribution in [1.29, 1.82) is 5.26 Å². The highest BCUT2D eigenvalue weighted by atomic mass is 16.1. The molecule has 0 bridgehead atoms. The van der Waals surface area contributed by atoms with E-state index in [2.05, 4.69) is 5.10 Å². The fourth-order valence-electron chi connectivity index (χ4n) is 2.73. The Bertz CT molecular complexity index is 947. The second-order valence-corrected chi connectivity index (χ2v) is 6.20. The summed E-state index contributed by atoms with van der Waals surface area (Å²) in [6.45, 7) is 11.1. The number of ketones is 1. The van der Waals surface area contributed by atoms with Crippen molar-refractivity contribution in [3.05, 3.63) is 61.1 Å². The lowest BCUT2D eigenvalue weighted by molar-refractivity contribution is 0.0964. The molecule has 0 aliphatic rings. The molecule has 5 nitrogen and oxygen atoms in total. The molecule has 0 atom stereocenters. The Morgan fingerprint density at radius 2 is 1.71 bits per heavy atom. The maximum Gasteiger partial charge on any atom is 0.285 e. The maximum absolute atomic E-state index is 12.7. The van der Waals surface area contributed by atoms with Crippen molar-refractivity contribution < 1.29 is 4.79 Å². The summed E-state index contributed by atoms with van der Waals surface area (Å²) in [5.41, 5.74) is 5.46. The second-order valence-electron chi connectivity index (χ2n) is 6.20. The molecule has 0 fully saturated rings. The third-order valence-corrected chi connectivity index (χ3v) is 4.82. The van der Waals surface area contributed by atoms with E-state index < -0.39 is 5.56 Å². The Labute approximate surface area is 141 Å². The van der Waals surface area contributed by atoms with Crippen LogP contribution in [0.15, 0.2) is 10.9 Å². The largest absolute Gasteiger partial charge is 0.292 e. The molecule has 5 heteroatoms. The van der Waals surface area contributed by atoms with Crippen LogP contribution in [0.5, 0.6) is 0 Å². The van der Waals surface area contributed by atoms with Crippen LogP contribution in [-0.4, -0.2) is 15.6 Å². The zero-order chi connectivity index (χ0) is 18.2. The number of hydrogen-bond donors (Lipinski definition) is 0. The van der Waals surface area contributed by atoms with Gasteiger partial charge in [0.15, 0.2) is 5.78 Å². The fourth-order valence-corrected chi connectivity index (χ4v) is 2.73. The number of rotatable bonds is 3. The van der Waals surface area contributed by atoms with Gasteiger partial charge in [-0.3, -0.25) is 9.59 Å². The normalized spacial score (nSPS) is 10.5. The summed E-state index contributed by atoms with van der Waals surface area (Å²) in [6.07, 6.45) is 0. The summed E-state index contributed by atoms with van der Waals surface area (Å²) in [6, 6.07) is 3.77. The molecule has 0 saturated carbocycles. The number of Topliss-reactive ketones (excluding diaryl/α,β-unsaturated/α-hetero) is 1. The monoisotopic (exact) mass is 323 g/mol. The average Bonchev–Trinajstić information content (AvgIpc) is 2.54. The van der Waals surface area contributed by atoms with Crippen LogP contribution < -0.4 is 5.56 Å². The van der Waals surface area contributed by atoms with Gasteiger partial charge in [-0.05, 0) is 75.4 Å². The molecule has 0 aliphatic carbocycles. The van der Waals surface area contributed by atoms with Gasteiger partial charge in [-0.1, -0.05) is 0 Å². The Morgan fingerprint density at radius 1 is 1.08 bits per heavy atom. The van der Waals surface area contributed by atoms with E-state index in [9.17, 15) is 14.9 Å². The summed E-state index contributed by atoms with van der Waals surface area (Å²) >= 11 is 0. The number of aromatic nitrogens is 2. The van der Waals surface area contributed by atoms with E-state index in [4.69, 9.17) is 0 Å². The summed E-state index contributed by atoms with van der Waals surface area (Å²) in [5.74, 6) is -0.180. The van der Waals surface area contributed by atoms with Crippen LogP contribution in [0.25, 0.3) is 0 Å². The van der Waals surface area contributed by atoms with Crippen molar-refractivity contribution in [3.8, 4) is 6.07 Å². The van der Waals surface area contributed by atoms with Crippen molar-refractivity contribution in [3.63, 3.8) is 0 Å². The topological polar surface area (TPSA) is 75.8 Å². The van der Waals surface area contributed by atoms with Crippen LogP contribution in [0.1, 0.15) is 49.4 Å². The first-order chi connectivity index (χ1) is 11.2. The zero-order valence-corrected chi connectivity index (χ0v) is 14.9. The van der Waals surface area contributed by atoms with Crippen LogP contribution in [0.3, 0.4) is 0 Å². The Kier molecular flexibility index (Phi) is 4.70. The van der Waals surface area contributed by atoms with Crippen LogP contribution in [-0.2, 0) is 6.54 Å².